The van der Waals surface area contributed by atoms with Crippen LogP contribution in [0.3, 0.4) is 0 Å². The molecule has 158 valence electrons. The number of likely N-dealkylation sites (tertiary alicyclic amines) is 1. The van der Waals surface area contributed by atoms with E-state index in [0.29, 0.717) is 25.2 Å². The number of nitrogens with zero attached hydrogens (tertiary/aromatic N) is 3. The van der Waals surface area contributed by atoms with Gasteiger partial charge in [0.15, 0.2) is 0 Å². The number of rotatable bonds is 5. The molecule has 1 aromatic carbocycles. The Hall–Kier alpha value is -2.41. The van der Waals surface area contributed by atoms with Gasteiger partial charge in [0, 0.05) is 63.7 Å². The van der Waals surface area contributed by atoms with E-state index in [1.54, 1.807) is 6.07 Å². The molecule has 7 heteroatoms. The van der Waals surface area contributed by atoms with Crippen molar-refractivity contribution in [1.82, 2.24) is 20.0 Å². The lowest BCUT2D eigenvalue weighted by atomic mass is 9.94. The van der Waals surface area contributed by atoms with Crippen LogP contribution in [0.4, 0.5) is 0 Å². The largest absolute Gasteiger partial charge is 0.352 e. The third-order valence-electron chi connectivity index (χ3n) is 6.03. The summed E-state index contributed by atoms with van der Waals surface area (Å²) in [5, 5.41) is 2.83. The third kappa shape index (κ3) is 5.56. The number of nitrogens with one attached hydrogen (secondary N) is 1. The van der Waals surface area contributed by atoms with Gasteiger partial charge in [0.2, 0.25) is 11.8 Å². The van der Waals surface area contributed by atoms with Gasteiger partial charge in [-0.1, -0.05) is 18.2 Å². The smallest absolute Gasteiger partial charge is 0.251 e. The van der Waals surface area contributed by atoms with Crippen molar-refractivity contribution in [3.8, 4) is 0 Å². The Bertz CT molecular complexity index is 735. The van der Waals surface area contributed by atoms with Crippen LogP contribution in [0.15, 0.2) is 24.3 Å². The van der Waals surface area contributed by atoms with Gasteiger partial charge in [0.25, 0.3) is 5.91 Å². The monoisotopic (exact) mass is 400 g/mol. The van der Waals surface area contributed by atoms with E-state index in [1.807, 2.05) is 34.9 Å². The fourth-order valence-corrected chi connectivity index (χ4v) is 4.02. The number of hydrogen-bond donors (Lipinski definition) is 1. The maximum atomic E-state index is 12.7. The number of likely N-dealkylation sites (N-methyl/N-ethyl adjacent to an activating group) is 1. The lowest BCUT2D eigenvalue weighted by Gasteiger charge is -2.37. The van der Waals surface area contributed by atoms with Gasteiger partial charge in [-0.3, -0.25) is 14.4 Å². The molecule has 2 saturated heterocycles. The van der Waals surface area contributed by atoms with Gasteiger partial charge < -0.3 is 20.0 Å². The standard InChI is InChI=1S/C22H32N4O3/c1-17-5-3-4-6-19(17)21(28)23-10-7-20(27)25-11-8-18(9-12-25)22(29)26-15-13-24(2)14-16-26/h3-6,18H,7-16H2,1-2H3,(H,23,28). The Morgan fingerprint density at radius 2 is 1.62 bits per heavy atom. The molecule has 0 unspecified atom stereocenters. The molecule has 29 heavy (non-hydrogen) atoms. The zero-order valence-electron chi connectivity index (χ0n) is 17.5. The molecular formula is C22H32N4O3. The van der Waals surface area contributed by atoms with Gasteiger partial charge in [-0.15, -0.1) is 0 Å². The van der Waals surface area contributed by atoms with Gasteiger partial charge in [-0.05, 0) is 38.4 Å². The number of hydrogen-bond acceptors (Lipinski definition) is 4. The first-order chi connectivity index (χ1) is 14.0. The SMILES string of the molecule is Cc1ccccc1C(=O)NCCC(=O)N1CCC(C(=O)N2CCN(C)CC2)CC1. The molecule has 1 N–H and O–H groups in total. The molecule has 3 rings (SSSR count). The second-order valence-corrected chi connectivity index (χ2v) is 8.10. The number of amides is 3. The second-order valence-electron chi connectivity index (χ2n) is 8.10. The summed E-state index contributed by atoms with van der Waals surface area (Å²) in [4.78, 5) is 43.4. The molecule has 2 aliphatic rings. The summed E-state index contributed by atoms with van der Waals surface area (Å²) >= 11 is 0. The van der Waals surface area contributed by atoms with Gasteiger partial charge in [0.05, 0.1) is 0 Å². The quantitative estimate of drug-likeness (QED) is 0.804. The summed E-state index contributed by atoms with van der Waals surface area (Å²) in [7, 11) is 2.08. The van der Waals surface area contributed by atoms with Gasteiger partial charge in [-0.25, -0.2) is 0 Å². The van der Waals surface area contributed by atoms with Gasteiger partial charge in [0.1, 0.15) is 0 Å². The van der Waals surface area contributed by atoms with E-state index in [4.69, 9.17) is 0 Å². The summed E-state index contributed by atoms with van der Waals surface area (Å²) in [6.45, 7) is 6.92. The second kappa shape index (κ2) is 9.87. The van der Waals surface area contributed by atoms with E-state index in [2.05, 4.69) is 17.3 Å². The highest BCUT2D eigenvalue weighted by Crippen LogP contribution is 2.21. The molecule has 7 nitrogen and oxygen atoms in total. The molecule has 2 fully saturated rings. The van der Waals surface area contributed by atoms with Crippen molar-refractivity contribution >= 4 is 17.7 Å². The first-order valence-corrected chi connectivity index (χ1v) is 10.5. The molecule has 0 aromatic heterocycles. The van der Waals surface area contributed by atoms with Crippen LogP contribution in [0.25, 0.3) is 0 Å². The summed E-state index contributed by atoms with van der Waals surface area (Å²) in [6.07, 6.45) is 1.74. The molecule has 0 radical (unpaired) electrons. The number of piperazine rings is 1. The highest BCUT2D eigenvalue weighted by molar-refractivity contribution is 5.95. The predicted octanol–water partition coefficient (Wildman–Crippen LogP) is 1.13. The zero-order valence-corrected chi connectivity index (χ0v) is 17.5. The van der Waals surface area contributed by atoms with Crippen LogP contribution in [0.5, 0.6) is 0 Å². The Balaban J connectivity index is 1.38. The average molecular weight is 401 g/mol. The van der Waals surface area contributed by atoms with Crippen LogP contribution in [0.2, 0.25) is 0 Å². The first-order valence-electron chi connectivity index (χ1n) is 10.5. The molecule has 0 saturated carbocycles. The Morgan fingerprint density at radius 1 is 0.966 bits per heavy atom. The third-order valence-corrected chi connectivity index (χ3v) is 6.03. The Morgan fingerprint density at radius 3 is 2.28 bits per heavy atom. The van der Waals surface area contributed by atoms with Crippen molar-refractivity contribution in [3.63, 3.8) is 0 Å². The van der Waals surface area contributed by atoms with E-state index in [-0.39, 0.29) is 30.1 Å². The minimum Gasteiger partial charge on any atom is -0.352 e. The summed E-state index contributed by atoms with van der Waals surface area (Å²) in [6, 6.07) is 7.41. The summed E-state index contributed by atoms with van der Waals surface area (Å²) < 4.78 is 0. The molecule has 0 spiro atoms. The molecule has 2 aliphatic heterocycles. The predicted molar refractivity (Wildman–Crippen MR) is 112 cm³/mol. The maximum Gasteiger partial charge on any atom is 0.251 e. The molecule has 2 heterocycles. The van der Waals surface area contributed by atoms with Crippen molar-refractivity contribution in [2.45, 2.75) is 26.2 Å². The van der Waals surface area contributed by atoms with E-state index in [1.165, 1.54) is 0 Å². The van der Waals surface area contributed by atoms with Crippen molar-refractivity contribution in [3.05, 3.63) is 35.4 Å². The topological polar surface area (TPSA) is 73.0 Å². The number of aryl methyl sites for hydroxylation is 1. The van der Waals surface area contributed by atoms with Crippen molar-refractivity contribution < 1.29 is 14.4 Å². The molecular weight excluding hydrogens is 368 g/mol. The van der Waals surface area contributed by atoms with Crippen LogP contribution in [0, 0.1) is 12.8 Å². The van der Waals surface area contributed by atoms with Crippen LogP contribution in [0.1, 0.15) is 35.2 Å². The van der Waals surface area contributed by atoms with Gasteiger partial charge >= 0.3 is 0 Å². The normalized spacial score (nSPS) is 18.6. The Kier molecular flexibility index (Phi) is 7.25. The van der Waals surface area contributed by atoms with Crippen molar-refractivity contribution in [1.29, 1.82) is 0 Å². The first kappa shape index (κ1) is 21.3. The van der Waals surface area contributed by atoms with Crippen LogP contribution >= 0.6 is 0 Å². The highest BCUT2D eigenvalue weighted by atomic mass is 16.2. The average Bonchev–Trinajstić information content (AvgIpc) is 2.74. The lowest BCUT2D eigenvalue weighted by Crippen LogP contribution is -2.51. The summed E-state index contributed by atoms with van der Waals surface area (Å²) in [5.41, 5.74) is 1.56. The fraction of sp³-hybridized carbons (Fsp3) is 0.591. The van der Waals surface area contributed by atoms with Crippen LogP contribution < -0.4 is 5.32 Å². The Labute approximate surface area is 173 Å². The number of benzene rings is 1. The maximum absolute atomic E-state index is 12.7. The van der Waals surface area contributed by atoms with Crippen molar-refractivity contribution in [2.75, 3.05) is 52.9 Å². The molecule has 3 amide bonds. The minimum atomic E-state index is -0.146. The molecule has 1 aromatic rings. The fourth-order valence-electron chi connectivity index (χ4n) is 4.02. The molecule has 0 bridgehead atoms. The highest BCUT2D eigenvalue weighted by Gasteiger charge is 2.31. The van der Waals surface area contributed by atoms with E-state index >= 15 is 0 Å². The van der Waals surface area contributed by atoms with Crippen LogP contribution in [-0.4, -0.2) is 85.3 Å². The lowest BCUT2D eigenvalue weighted by molar-refractivity contribution is -0.141. The van der Waals surface area contributed by atoms with E-state index in [0.717, 1.165) is 44.6 Å². The molecule has 0 aliphatic carbocycles. The van der Waals surface area contributed by atoms with E-state index in [9.17, 15) is 14.4 Å². The number of carbonyl (C=O) groups is 3. The summed E-state index contributed by atoms with van der Waals surface area (Å²) in [5.74, 6) is 0.173. The van der Waals surface area contributed by atoms with E-state index < -0.39 is 0 Å². The zero-order chi connectivity index (χ0) is 20.8. The minimum absolute atomic E-state index is 0.0308. The van der Waals surface area contributed by atoms with Crippen molar-refractivity contribution in [2.24, 2.45) is 5.92 Å². The molecule has 0 atom stereocenters. The number of piperidine rings is 1. The van der Waals surface area contributed by atoms with Crippen LogP contribution in [-0.2, 0) is 9.59 Å². The number of carbonyl (C=O) groups excluding carboxylic acids is 3. The van der Waals surface area contributed by atoms with Gasteiger partial charge in [-0.2, -0.15) is 0 Å².